The lowest BCUT2D eigenvalue weighted by Crippen LogP contribution is -2.12. The number of aryl methyl sites for hydroxylation is 1. The summed E-state index contributed by atoms with van der Waals surface area (Å²) in [4.78, 5) is 5.95. The highest BCUT2D eigenvalue weighted by Crippen LogP contribution is 2.23. The van der Waals surface area contributed by atoms with Crippen LogP contribution in [-0.4, -0.2) is 29.3 Å². The highest BCUT2D eigenvalue weighted by atomic mass is 15.2. The quantitative estimate of drug-likeness (QED) is 0.765. The zero-order chi connectivity index (χ0) is 11.5. The Morgan fingerprint density at radius 3 is 2.38 bits per heavy atom. The molecule has 2 heterocycles. The van der Waals surface area contributed by atoms with Crippen molar-refractivity contribution in [3.05, 3.63) is 36.3 Å². The van der Waals surface area contributed by atoms with Gasteiger partial charge in [-0.15, -0.1) is 5.10 Å². The molecule has 0 spiro atoms. The molecule has 16 heavy (non-hydrogen) atoms. The molecule has 4 heteroatoms. The zero-order valence-corrected chi connectivity index (χ0v) is 9.68. The third-order valence-corrected chi connectivity index (χ3v) is 2.42. The fraction of sp³-hybridized carbons (Fsp3) is 0.250. The number of hydrogen-bond acceptors (Lipinski definition) is 4. The van der Waals surface area contributed by atoms with Crippen molar-refractivity contribution in [2.45, 2.75) is 6.92 Å². The molecule has 2 aromatic heterocycles. The van der Waals surface area contributed by atoms with Gasteiger partial charge in [0, 0.05) is 32.1 Å². The van der Waals surface area contributed by atoms with Crippen LogP contribution in [-0.2, 0) is 0 Å². The van der Waals surface area contributed by atoms with Crippen molar-refractivity contribution in [2.75, 3.05) is 19.0 Å². The molecule has 0 amide bonds. The van der Waals surface area contributed by atoms with E-state index >= 15 is 0 Å². The van der Waals surface area contributed by atoms with Gasteiger partial charge in [0.25, 0.3) is 0 Å². The normalized spacial score (nSPS) is 10.2. The maximum Gasteiger partial charge on any atom is 0.151 e. The average Bonchev–Trinajstić information content (AvgIpc) is 2.30. The third-order valence-electron chi connectivity index (χ3n) is 2.42. The van der Waals surface area contributed by atoms with Crippen LogP contribution in [0.2, 0.25) is 0 Å². The van der Waals surface area contributed by atoms with Gasteiger partial charge in [0.2, 0.25) is 0 Å². The number of nitrogens with zero attached hydrogens (tertiary/aromatic N) is 4. The van der Waals surface area contributed by atoms with E-state index in [2.05, 4.69) is 15.2 Å². The van der Waals surface area contributed by atoms with E-state index < -0.39 is 0 Å². The van der Waals surface area contributed by atoms with Crippen molar-refractivity contribution in [1.29, 1.82) is 0 Å². The molecule has 0 saturated carbocycles. The first kappa shape index (κ1) is 10.5. The number of pyridine rings is 1. The summed E-state index contributed by atoms with van der Waals surface area (Å²) in [6, 6.07) is 5.99. The molecule has 0 unspecified atom stereocenters. The Bertz CT molecular complexity index is 480. The summed E-state index contributed by atoms with van der Waals surface area (Å²) in [5, 5.41) is 8.29. The molecule has 0 saturated heterocycles. The van der Waals surface area contributed by atoms with Gasteiger partial charge in [0.15, 0.2) is 5.82 Å². The third kappa shape index (κ3) is 2.00. The molecule has 0 aliphatic heterocycles. The van der Waals surface area contributed by atoms with Crippen LogP contribution in [0.4, 0.5) is 5.82 Å². The van der Waals surface area contributed by atoms with Gasteiger partial charge in [0.05, 0.1) is 5.69 Å². The summed E-state index contributed by atoms with van der Waals surface area (Å²) in [6.07, 6.45) is 3.56. The summed E-state index contributed by atoms with van der Waals surface area (Å²) < 4.78 is 0. The molecule has 4 nitrogen and oxygen atoms in total. The molecule has 0 aromatic carbocycles. The Morgan fingerprint density at radius 1 is 1.06 bits per heavy atom. The topological polar surface area (TPSA) is 41.9 Å². The largest absolute Gasteiger partial charge is 0.361 e. The molecule has 2 rings (SSSR count). The summed E-state index contributed by atoms with van der Waals surface area (Å²) in [5.74, 6) is 0.859. The van der Waals surface area contributed by atoms with E-state index in [1.165, 1.54) is 0 Å². The van der Waals surface area contributed by atoms with Crippen molar-refractivity contribution in [3.8, 4) is 11.1 Å². The first-order chi connectivity index (χ1) is 7.68. The van der Waals surface area contributed by atoms with E-state index in [0.717, 1.165) is 22.6 Å². The van der Waals surface area contributed by atoms with Crippen molar-refractivity contribution in [1.82, 2.24) is 15.2 Å². The molecule has 0 fully saturated rings. The molecule has 0 N–H and O–H groups in total. The Hall–Kier alpha value is -1.97. The van der Waals surface area contributed by atoms with Crippen LogP contribution in [0.1, 0.15) is 5.69 Å². The van der Waals surface area contributed by atoms with Crippen molar-refractivity contribution in [3.63, 3.8) is 0 Å². The summed E-state index contributed by atoms with van der Waals surface area (Å²) >= 11 is 0. The lowest BCUT2D eigenvalue weighted by molar-refractivity contribution is 0.937. The predicted molar refractivity (Wildman–Crippen MR) is 64.3 cm³/mol. The van der Waals surface area contributed by atoms with E-state index in [0.29, 0.717) is 0 Å². The Morgan fingerprint density at radius 2 is 1.75 bits per heavy atom. The lowest BCUT2D eigenvalue weighted by atomic mass is 10.1. The van der Waals surface area contributed by atoms with Crippen LogP contribution < -0.4 is 4.90 Å². The van der Waals surface area contributed by atoms with Gasteiger partial charge < -0.3 is 4.90 Å². The lowest BCUT2D eigenvalue weighted by Gasteiger charge is -2.12. The number of aromatic nitrogens is 3. The summed E-state index contributed by atoms with van der Waals surface area (Å²) in [5.41, 5.74) is 3.14. The van der Waals surface area contributed by atoms with Crippen molar-refractivity contribution in [2.24, 2.45) is 0 Å². The second kappa shape index (κ2) is 4.26. The maximum atomic E-state index is 4.16. The van der Waals surface area contributed by atoms with Gasteiger partial charge in [-0.1, -0.05) is 0 Å². The van der Waals surface area contributed by atoms with Gasteiger partial charge in [-0.3, -0.25) is 4.98 Å². The van der Waals surface area contributed by atoms with E-state index in [1.807, 2.05) is 44.1 Å². The van der Waals surface area contributed by atoms with Crippen LogP contribution in [0.15, 0.2) is 30.6 Å². The first-order valence-electron chi connectivity index (χ1n) is 5.10. The maximum absolute atomic E-state index is 4.16. The molecule has 0 radical (unpaired) electrons. The van der Waals surface area contributed by atoms with E-state index in [4.69, 9.17) is 0 Å². The smallest absolute Gasteiger partial charge is 0.151 e. The van der Waals surface area contributed by atoms with Gasteiger partial charge in [-0.2, -0.15) is 5.10 Å². The second-order valence-electron chi connectivity index (χ2n) is 3.83. The predicted octanol–water partition coefficient (Wildman–Crippen LogP) is 1.91. The second-order valence-corrected chi connectivity index (χ2v) is 3.83. The van der Waals surface area contributed by atoms with Crippen LogP contribution >= 0.6 is 0 Å². The highest BCUT2D eigenvalue weighted by molar-refractivity contribution is 5.67. The van der Waals surface area contributed by atoms with E-state index in [-0.39, 0.29) is 0 Å². The monoisotopic (exact) mass is 214 g/mol. The van der Waals surface area contributed by atoms with Crippen LogP contribution in [0, 0.1) is 6.92 Å². The first-order valence-corrected chi connectivity index (χ1v) is 5.10. The van der Waals surface area contributed by atoms with Gasteiger partial charge >= 0.3 is 0 Å². The van der Waals surface area contributed by atoms with Crippen LogP contribution in [0.5, 0.6) is 0 Å². The molecule has 0 bridgehead atoms. The Labute approximate surface area is 95.0 Å². The molecular weight excluding hydrogens is 200 g/mol. The zero-order valence-electron chi connectivity index (χ0n) is 9.68. The summed E-state index contributed by atoms with van der Waals surface area (Å²) in [7, 11) is 3.91. The van der Waals surface area contributed by atoms with Gasteiger partial charge in [-0.25, -0.2) is 0 Å². The molecule has 0 atom stereocenters. The number of hydrogen-bond donors (Lipinski definition) is 0. The van der Waals surface area contributed by atoms with Crippen LogP contribution in [0.25, 0.3) is 11.1 Å². The van der Waals surface area contributed by atoms with Crippen LogP contribution in [0.3, 0.4) is 0 Å². The fourth-order valence-electron chi connectivity index (χ4n) is 1.48. The van der Waals surface area contributed by atoms with Gasteiger partial charge in [0.1, 0.15) is 0 Å². The SMILES string of the molecule is Cc1nnc(N(C)C)cc1-c1ccncc1. The van der Waals surface area contributed by atoms with Crippen molar-refractivity contribution >= 4 is 5.82 Å². The number of rotatable bonds is 2. The average molecular weight is 214 g/mol. The molecule has 82 valence electrons. The number of anilines is 1. The minimum absolute atomic E-state index is 0.859. The fourth-order valence-corrected chi connectivity index (χ4v) is 1.48. The van der Waals surface area contributed by atoms with E-state index in [1.54, 1.807) is 12.4 Å². The standard InChI is InChI=1S/C12H14N4/c1-9-11(10-4-6-13-7-5-10)8-12(15-14-9)16(2)3/h4-8H,1-3H3. The minimum Gasteiger partial charge on any atom is -0.361 e. The summed E-state index contributed by atoms with van der Waals surface area (Å²) in [6.45, 7) is 1.96. The van der Waals surface area contributed by atoms with Gasteiger partial charge in [-0.05, 0) is 30.7 Å². The Kier molecular flexibility index (Phi) is 2.81. The minimum atomic E-state index is 0.859. The highest BCUT2D eigenvalue weighted by Gasteiger charge is 2.06. The molecule has 0 aliphatic rings. The molecule has 2 aromatic rings. The molecular formula is C12H14N4. The van der Waals surface area contributed by atoms with E-state index in [9.17, 15) is 0 Å². The Balaban J connectivity index is 2.52. The van der Waals surface area contributed by atoms with Crippen molar-refractivity contribution < 1.29 is 0 Å². The molecule has 0 aliphatic carbocycles.